The van der Waals surface area contributed by atoms with E-state index >= 15 is 0 Å². The van der Waals surface area contributed by atoms with E-state index in [1.807, 2.05) is 0 Å². The molecular weight excluding hydrogens is 436 g/mol. The van der Waals surface area contributed by atoms with Crippen LogP contribution in [0.15, 0.2) is 11.1 Å². The molecule has 6 atom stereocenters. The Balaban J connectivity index is 1.78. The van der Waals surface area contributed by atoms with E-state index in [-0.39, 0.29) is 17.1 Å². The molecule has 0 bridgehead atoms. The first-order valence-corrected chi connectivity index (χ1v) is 10.6. The number of nitrogens with two attached hydrogens (primary N) is 1. The average molecular weight is 449 g/mol. The molecule has 0 aromatic carbocycles. The first-order valence-electron chi connectivity index (χ1n) is 7.64. The van der Waals surface area contributed by atoms with Gasteiger partial charge in [0, 0.05) is 0 Å². The summed E-state index contributed by atoms with van der Waals surface area (Å²) in [5.74, 6) is -0.239. The second kappa shape index (κ2) is 7.62. The lowest BCUT2D eigenvalue weighted by Crippen LogP contribution is -2.34. The van der Waals surface area contributed by atoms with E-state index in [2.05, 4.69) is 30.2 Å². The van der Waals surface area contributed by atoms with Gasteiger partial charge in [-0.05, 0) is 5.66 Å². The highest BCUT2D eigenvalue weighted by Gasteiger charge is 2.45. The minimum atomic E-state index is -5.40. The lowest BCUT2D eigenvalue weighted by atomic mass is 10.1. The zero-order chi connectivity index (χ0) is 21.6. The summed E-state index contributed by atoms with van der Waals surface area (Å²) in [6, 6.07) is 0. The molecule has 1 fully saturated rings. The molecule has 0 saturated carbocycles. The van der Waals surface area contributed by atoms with Gasteiger partial charge in [0.1, 0.15) is 18.3 Å². The van der Waals surface area contributed by atoms with E-state index in [1.54, 1.807) is 0 Å². The van der Waals surface area contributed by atoms with E-state index < -0.39 is 52.1 Å². The summed E-state index contributed by atoms with van der Waals surface area (Å²) < 4.78 is 37.2. The lowest BCUT2D eigenvalue weighted by molar-refractivity contribution is -0.232. The number of terminal acetylenes is 1. The second-order valence-corrected chi connectivity index (χ2v) is 8.83. The number of aliphatic hydroxyl groups is 2. The summed E-state index contributed by atoms with van der Waals surface area (Å²) in [5, 5.41) is 20.3. The van der Waals surface area contributed by atoms with E-state index in [4.69, 9.17) is 10.5 Å². The normalized spacial score (nSPS) is 28.7. The summed E-state index contributed by atoms with van der Waals surface area (Å²) in [5.41, 5.74) is 5.77. The fourth-order valence-electron chi connectivity index (χ4n) is 2.57. The molecule has 17 heteroatoms. The molecule has 0 aliphatic carbocycles. The van der Waals surface area contributed by atoms with Crippen molar-refractivity contribution in [2.75, 3.05) is 12.3 Å². The molecule has 0 radical (unpaired) electrons. The second-order valence-electron chi connectivity index (χ2n) is 5.77. The smallest absolute Gasteiger partial charge is 0.280 e. The number of hydrogen-bond acceptors (Lipinski definition) is 13. The molecular formula is C12H13N5O10P2-2. The summed E-state index contributed by atoms with van der Waals surface area (Å²) in [4.78, 5) is 44.4. The predicted octanol–water partition coefficient (Wildman–Crippen LogP) is -3.03. The Hall–Kier alpha value is -2.11. The first-order chi connectivity index (χ1) is 13.4. The quantitative estimate of drug-likeness (QED) is 0.254. The van der Waals surface area contributed by atoms with Crippen LogP contribution in [0.5, 0.6) is 0 Å². The number of imidazole rings is 1. The largest absolute Gasteiger partial charge is 0.768 e. The van der Waals surface area contributed by atoms with Gasteiger partial charge in [-0.15, -0.1) is 6.42 Å². The Morgan fingerprint density at radius 2 is 2.10 bits per heavy atom. The van der Waals surface area contributed by atoms with Gasteiger partial charge in [-0.2, -0.15) is 4.98 Å². The third-order valence-electron chi connectivity index (χ3n) is 3.82. The van der Waals surface area contributed by atoms with Crippen LogP contribution in [0.25, 0.3) is 11.2 Å². The van der Waals surface area contributed by atoms with Gasteiger partial charge < -0.3 is 35.0 Å². The molecule has 3 rings (SSSR count). The topological polar surface area (TPSA) is 238 Å². The molecule has 158 valence electrons. The van der Waals surface area contributed by atoms with Crippen molar-refractivity contribution in [2.24, 2.45) is 0 Å². The highest BCUT2D eigenvalue weighted by atomic mass is 31.3. The summed E-state index contributed by atoms with van der Waals surface area (Å²) in [6.07, 6.45) is -0.370. The molecule has 1 aliphatic heterocycles. The molecule has 2 aromatic rings. The van der Waals surface area contributed by atoms with Gasteiger partial charge in [-0.25, -0.2) is 4.98 Å². The van der Waals surface area contributed by atoms with E-state index in [0.29, 0.717) is 0 Å². The number of nitrogens with zero attached hydrogens (tertiary/aromatic N) is 3. The average Bonchev–Trinajstić information content (AvgIpc) is 3.15. The van der Waals surface area contributed by atoms with Crippen molar-refractivity contribution < 1.29 is 42.7 Å². The van der Waals surface area contributed by atoms with Crippen molar-refractivity contribution in [3.63, 3.8) is 0 Å². The number of H-pyrrole nitrogens is 1. The highest BCUT2D eigenvalue weighted by molar-refractivity contribution is 7.65. The van der Waals surface area contributed by atoms with E-state index in [1.165, 1.54) is 0 Å². The number of hydrogen-bond donors (Lipinski definition) is 4. The zero-order valence-electron chi connectivity index (χ0n) is 14.1. The Bertz CT molecular complexity index is 1120. The summed E-state index contributed by atoms with van der Waals surface area (Å²) in [7, 11) is -10.5. The Kier molecular flexibility index (Phi) is 5.67. The number of fused-ring (bicyclic) bond motifs is 1. The molecule has 5 N–H and O–H groups in total. The maximum atomic E-state index is 11.8. The van der Waals surface area contributed by atoms with Crippen molar-refractivity contribution in [3.8, 4) is 12.1 Å². The Morgan fingerprint density at radius 3 is 2.76 bits per heavy atom. The molecule has 1 aliphatic rings. The molecule has 1 saturated heterocycles. The van der Waals surface area contributed by atoms with Crippen LogP contribution in [0.1, 0.15) is 6.23 Å². The van der Waals surface area contributed by atoms with Crippen molar-refractivity contribution in [1.82, 2.24) is 19.5 Å². The fourth-order valence-corrected chi connectivity index (χ4v) is 4.33. The van der Waals surface area contributed by atoms with Gasteiger partial charge in [-0.1, -0.05) is 0 Å². The van der Waals surface area contributed by atoms with Crippen LogP contribution in [0.2, 0.25) is 0 Å². The van der Waals surface area contributed by atoms with Crippen LogP contribution in [0.3, 0.4) is 0 Å². The number of ether oxygens (including phenoxy) is 1. The van der Waals surface area contributed by atoms with Gasteiger partial charge in [0.05, 0.1) is 12.9 Å². The molecule has 0 spiro atoms. The SMILES string of the molecule is C#CP(=O)([O-])OP(=O)([O-])OC[C@H]1O[C@@H](n2cnc3c(=O)[nH]c(N)nc32)[C@@H](O)C1O. The number of aliphatic hydroxyl groups excluding tert-OH is 2. The maximum Gasteiger partial charge on any atom is 0.280 e. The van der Waals surface area contributed by atoms with Gasteiger partial charge >= 0.3 is 0 Å². The molecule has 3 unspecified atom stereocenters. The van der Waals surface area contributed by atoms with Crippen molar-refractivity contribution in [3.05, 3.63) is 16.7 Å². The standard InChI is InChI=1S/C12H15N5O10P2/c1-2-28(21,22)27-29(23,24)25-3-5-7(18)8(19)11(26-5)17-4-14-6-9(17)15-12(13)16-10(6)20/h1,4-5,7-8,11,18-19H,3H2,(H,21,22)(H,23,24)(H3,13,15,16,20)/p-2/t5-,7?,8+,11-/m1/s1. The minimum Gasteiger partial charge on any atom is -0.768 e. The van der Waals surface area contributed by atoms with Crippen LogP contribution in [-0.4, -0.2) is 54.7 Å². The van der Waals surface area contributed by atoms with Crippen LogP contribution < -0.4 is 21.1 Å². The lowest BCUT2D eigenvalue weighted by Gasteiger charge is -2.29. The van der Waals surface area contributed by atoms with Crippen LogP contribution in [-0.2, 0) is 22.7 Å². The molecule has 29 heavy (non-hydrogen) atoms. The fraction of sp³-hybridized carbons (Fsp3) is 0.417. The Labute approximate surface area is 161 Å². The monoisotopic (exact) mass is 449 g/mol. The number of phosphoric acid groups is 1. The summed E-state index contributed by atoms with van der Waals surface area (Å²) >= 11 is 0. The molecule has 2 aromatic heterocycles. The number of aromatic nitrogens is 4. The number of nitrogen functional groups attached to an aromatic ring is 1. The number of nitrogens with one attached hydrogen (secondary N) is 1. The van der Waals surface area contributed by atoms with Crippen LogP contribution >= 0.6 is 15.4 Å². The summed E-state index contributed by atoms with van der Waals surface area (Å²) in [6.45, 7) is -0.914. The van der Waals surface area contributed by atoms with E-state index in [0.717, 1.165) is 16.6 Å². The number of rotatable bonds is 6. The first kappa shape index (κ1) is 21.6. The van der Waals surface area contributed by atoms with Crippen LogP contribution in [0.4, 0.5) is 5.95 Å². The van der Waals surface area contributed by atoms with Gasteiger partial charge in [0.15, 0.2) is 17.4 Å². The number of phosphoric ester groups is 1. The number of aromatic amines is 1. The third kappa shape index (κ3) is 4.41. The van der Waals surface area contributed by atoms with Crippen molar-refractivity contribution in [2.45, 2.75) is 24.5 Å². The van der Waals surface area contributed by atoms with Crippen LogP contribution in [0, 0.1) is 12.1 Å². The maximum absolute atomic E-state index is 11.8. The van der Waals surface area contributed by atoms with Gasteiger partial charge in [-0.3, -0.25) is 27.8 Å². The molecule has 15 nitrogen and oxygen atoms in total. The van der Waals surface area contributed by atoms with E-state index in [9.17, 15) is 33.9 Å². The predicted molar refractivity (Wildman–Crippen MR) is 89.6 cm³/mol. The van der Waals surface area contributed by atoms with Gasteiger partial charge in [0.2, 0.25) is 13.5 Å². The van der Waals surface area contributed by atoms with Crippen molar-refractivity contribution >= 4 is 32.5 Å². The molecule has 3 heterocycles. The number of anilines is 1. The highest BCUT2D eigenvalue weighted by Crippen LogP contribution is 2.54. The third-order valence-corrected chi connectivity index (χ3v) is 6.27. The zero-order valence-corrected chi connectivity index (χ0v) is 15.9. The minimum absolute atomic E-state index is 0.0665. The van der Waals surface area contributed by atoms with Crippen molar-refractivity contribution in [1.29, 1.82) is 0 Å². The molecule has 0 amide bonds. The Morgan fingerprint density at radius 1 is 1.41 bits per heavy atom. The van der Waals surface area contributed by atoms with Gasteiger partial charge in [0.25, 0.3) is 13.4 Å².